The van der Waals surface area contributed by atoms with Gasteiger partial charge in [-0.25, -0.2) is 0 Å². The number of unbranched alkanes of at least 4 members (excludes halogenated alkanes) is 48. The van der Waals surface area contributed by atoms with Crippen molar-refractivity contribution in [2.75, 3.05) is 13.2 Å². The molecule has 0 spiro atoms. The minimum absolute atomic E-state index is 0.0202. The standard InChI is InChI=1S/C66H127NO5/c1-3-5-7-9-11-13-14-36-40-44-48-52-56-60-66(71)72-61-57-53-49-45-41-38-35-33-31-29-27-25-23-21-19-17-15-16-18-20-22-24-26-28-30-32-34-37-39-43-47-51-55-59-65(70)67-63(62-68)64(69)58-54-50-46-42-12-10-8-6-4-2/h19,21,54,58,63-64,68-69H,3-18,20,22-53,55-57,59-62H2,1-2H3,(H,67,70)/b21-19-,58-54+. The maximum atomic E-state index is 12.4. The van der Waals surface area contributed by atoms with Crippen molar-refractivity contribution in [1.29, 1.82) is 0 Å². The van der Waals surface area contributed by atoms with Crippen molar-refractivity contribution in [3.8, 4) is 0 Å². The number of hydrogen-bond donors (Lipinski definition) is 3. The van der Waals surface area contributed by atoms with Crippen molar-refractivity contribution < 1.29 is 24.5 Å². The number of carbonyl (C=O) groups excluding carboxylic acids is 2. The molecule has 2 atom stereocenters. The highest BCUT2D eigenvalue weighted by Crippen LogP contribution is 2.18. The first-order chi connectivity index (χ1) is 35.5. The van der Waals surface area contributed by atoms with Crippen LogP contribution in [0, 0.1) is 0 Å². The molecular formula is C66H127NO5. The van der Waals surface area contributed by atoms with Gasteiger partial charge < -0.3 is 20.3 Å². The third-order valence-corrected chi connectivity index (χ3v) is 15.2. The van der Waals surface area contributed by atoms with Crippen LogP contribution in [-0.2, 0) is 14.3 Å². The summed E-state index contributed by atoms with van der Waals surface area (Å²) >= 11 is 0. The number of carbonyl (C=O) groups is 2. The van der Waals surface area contributed by atoms with Crippen LogP contribution in [0.4, 0.5) is 0 Å². The van der Waals surface area contributed by atoms with Gasteiger partial charge in [-0.3, -0.25) is 9.59 Å². The predicted octanol–water partition coefficient (Wildman–Crippen LogP) is 20.6. The van der Waals surface area contributed by atoms with Crippen molar-refractivity contribution in [2.45, 2.75) is 373 Å². The molecule has 0 aromatic heterocycles. The quantitative estimate of drug-likeness (QED) is 0.0320. The van der Waals surface area contributed by atoms with Gasteiger partial charge in [0.2, 0.25) is 5.91 Å². The van der Waals surface area contributed by atoms with Gasteiger partial charge in [-0.15, -0.1) is 0 Å². The Kier molecular flexibility index (Phi) is 60.5. The topological polar surface area (TPSA) is 95.9 Å². The highest BCUT2D eigenvalue weighted by Gasteiger charge is 2.18. The summed E-state index contributed by atoms with van der Waals surface area (Å²) in [6.07, 6.45) is 76.9. The van der Waals surface area contributed by atoms with Gasteiger partial charge in [-0.2, -0.15) is 0 Å². The molecule has 0 aromatic carbocycles. The average molecular weight is 1010 g/mol. The third kappa shape index (κ3) is 57.6. The van der Waals surface area contributed by atoms with Crippen LogP contribution >= 0.6 is 0 Å². The SMILES string of the molecule is CCCCCCCCC/C=C/C(O)C(CO)NC(=O)CCCCCCCCCCCCCCCCCCC/C=C\CCCCCCCCCCCCCCOC(=O)CCCCCCCCCCCCCCC. The van der Waals surface area contributed by atoms with Crippen LogP contribution in [0.2, 0.25) is 0 Å². The van der Waals surface area contributed by atoms with Crippen molar-refractivity contribution in [3.63, 3.8) is 0 Å². The fraction of sp³-hybridized carbons (Fsp3) is 0.909. The van der Waals surface area contributed by atoms with E-state index in [1.165, 1.54) is 295 Å². The van der Waals surface area contributed by atoms with Crippen molar-refractivity contribution in [2.24, 2.45) is 0 Å². The number of nitrogens with one attached hydrogen (secondary N) is 1. The minimum atomic E-state index is -0.839. The second kappa shape index (κ2) is 61.9. The van der Waals surface area contributed by atoms with E-state index in [1.807, 2.05) is 6.08 Å². The van der Waals surface area contributed by atoms with Crippen molar-refractivity contribution in [3.05, 3.63) is 24.3 Å². The number of aliphatic hydroxyl groups excluding tert-OH is 2. The van der Waals surface area contributed by atoms with E-state index in [9.17, 15) is 19.8 Å². The van der Waals surface area contributed by atoms with Crippen LogP contribution in [0.1, 0.15) is 361 Å². The molecule has 0 radical (unpaired) electrons. The van der Waals surface area contributed by atoms with Crippen molar-refractivity contribution >= 4 is 11.9 Å². The molecule has 0 aromatic rings. The first kappa shape index (κ1) is 70.3. The molecule has 6 heteroatoms. The molecule has 0 aliphatic carbocycles. The Labute approximate surface area is 450 Å². The zero-order chi connectivity index (χ0) is 52.2. The molecule has 0 bridgehead atoms. The number of ether oxygens (including phenoxy) is 1. The van der Waals surface area contributed by atoms with Gasteiger partial charge in [0.1, 0.15) is 0 Å². The number of allylic oxidation sites excluding steroid dienone is 3. The molecule has 0 saturated carbocycles. The summed E-state index contributed by atoms with van der Waals surface area (Å²) in [4.78, 5) is 24.4. The molecule has 426 valence electrons. The van der Waals surface area contributed by atoms with Gasteiger partial charge in [-0.05, 0) is 57.8 Å². The predicted molar refractivity (Wildman–Crippen MR) is 315 cm³/mol. The van der Waals surface area contributed by atoms with E-state index in [-0.39, 0.29) is 18.5 Å². The number of amides is 1. The molecule has 2 unspecified atom stereocenters. The molecule has 72 heavy (non-hydrogen) atoms. The molecule has 0 saturated heterocycles. The second-order valence-corrected chi connectivity index (χ2v) is 22.5. The summed E-state index contributed by atoms with van der Waals surface area (Å²) in [5.74, 6) is -0.0462. The van der Waals surface area contributed by atoms with Gasteiger partial charge in [-0.1, -0.05) is 314 Å². The Balaban J connectivity index is 3.32. The van der Waals surface area contributed by atoms with Gasteiger partial charge >= 0.3 is 5.97 Å². The van der Waals surface area contributed by atoms with Gasteiger partial charge in [0.25, 0.3) is 0 Å². The van der Waals surface area contributed by atoms with Crippen LogP contribution in [0.5, 0.6) is 0 Å². The number of rotatable bonds is 61. The highest BCUT2D eigenvalue weighted by molar-refractivity contribution is 5.76. The number of esters is 1. The normalized spacial score (nSPS) is 12.7. The summed E-state index contributed by atoms with van der Waals surface area (Å²) in [7, 11) is 0. The summed E-state index contributed by atoms with van der Waals surface area (Å²) < 4.78 is 5.49. The third-order valence-electron chi connectivity index (χ3n) is 15.2. The molecular weight excluding hydrogens is 887 g/mol. The van der Waals surface area contributed by atoms with Crippen molar-refractivity contribution in [1.82, 2.24) is 5.32 Å². The Morgan fingerprint density at radius 2 is 0.653 bits per heavy atom. The van der Waals surface area contributed by atoms with E-state index in [0.29, 0.717) is 19.4 Å². The van der Waals surface area contributed by atoms with E-state index in [1.54, 1.807) is 6.08 Å². The largest absolute Gasteiger partial charge is 0.466 e. The first-order valence-electron chi connectivity index (χ1n) is 32.6. The molecule has 0 fully saturated rings. The van der Waals surface area contributed by atoms with E-state index >= 15 is 0 Å². The maximum absolute atomic E-state index is 12.4. The molecule has 3 N–H and O–H groups in total. The van der Waals surface area contributed by atoms with Crippen LogP contribution in [0.15, 0.2) is 24.3 Å². The minimum Gasteiger partial charge on any atom is -0.466 e. The van der Waals surface area contributed by atoms with Crippen LogP contribution in [0.25, 0.3) is 0 Å². The van der Waals surface area contributed by atoms with E-state index in [2.05, 4.69) is 31.3 Å². The smallest absolute Gasteiger partial charge is 0.305 e. The summed E-state index contributed by atoms with van der Waals surface area (Å²) in [6.45, 7) is 4.90. The summed E-state index contributed by atoms with van der Waals surface area (Å²) in [5.41, 5.74) is 0. The highest BCUT2D eigenvalue weighted by atomic mass is 16.5. The van der Waals surface area contributed by atoms with Crippen LogP contribution in [-0.4, -0.2) is 47.4 Å². The Morgan fingerprint density at radius 3 is 0.986 bits per heavy atom. The number of aliphatic hydroxyl groups is 2. The Bertz CT molecular complexity index is 1120. The Hall–Kier alpha value is -1.66. The van der Waals surface area contributed by atoms with E-state index in [0.717, 1.165) is 38.5 Å². The maximum Gasteiger partial charge on any atom is 0.305 e. The van der Waals surface area contributed by atoms with E-state index in [4.69, 9.17) is 4.74 Å². The zero-order valence-electron chi connectivity index (χ0n) is 48.7. The monoisotopic (exact) mass is 1010 g/mol. The number of hydrogen-bond acceptors (Lipinski definition) is 5. The van der Waals surface area contributed by atoms with Gasteiger partial charge in [0.05, 0.1) is 25.4 Å². The average Bonchev–Trinajstić information content (AvgIpc) is 3.38. The van der Waals surface area contributed by atoms with Crippen LogP contribution < -0.4 is 5.32 Å². The van der Waals surface area contributed by atoms with E-state index < -0.39 is 12.1 Å². The fourth-order valence-electron chi connectivity index (χ4n) is 10.2. The fourth-order valence-corrected chi connectivity index (χ4v) is 10.2. The molecule has 1 amide bonds. The van der Waals surface area contributed by atoms with Gasteiger partial charge in [0.15, 0.2) is 0 Å². The lowest BCUT2D eigenvalue weighted by Crippen LogP contribution is -2.45. The molecule has 0 heterocycles. The lowest BCUT2D eigenvalue weighted by atomic mass is 10.0. The Morgan fingerprint density at radius 1 is 0.375 bits per heavy atom. The molecule has 0 rings (SSSR count). The molecule has 0 aliphatic heterocycles. The first-order valence-corrected chi connectivity index (χ1v) is 32.6. The summed E-state index contributed by atoms with van der Waals surface area (Å²) in [6, 6.07) is -0.623. The molecule has 0 aliphatic rings. The van der Waals surface area contributed by atoms with Gasteiger partial charge in [0, 0.05) is 12.8 Å². The van der Waals surface area contributed by atoms with Crippen LogP contribution in [0.3, 0.4) is 0 Å². The lowest BCUT2D eigenvalue weighted by molar-refractivity contribution is -0.143. The molecule has 6 nitrogen and oxygen atoms in total. The summed E-state index contributed by atoms with van der Waals surface area (Å²) in [5, 5.41) is 23.0. The lowest BCUT2D eigenvalue weighted by Gasteiger charge is -2.20. The second-order valence-electron chi connectivity index (χ2n) is 22.5. The zero-order valence-corrected chi connectivity index (χ0v) is 48.7.